The van der Waals surface area contributed by atoms with Gasteiger partial charge in [0.25, 0.3) is 0 Å². The van der Waals surface area contributed by atoms with Gasteiger partial charge in [-0.2, -0.15) is 0 Å². The number of aliphatic hydroxyl groups excluding tert-OH is 3. The third kappa shape index (κ3) is 3.95. The quantitative estimate of drug-likeness (QED) is 0.128. The molecule has 0 aromatic rings. The van der Waals surface area contributed by atoms with Crippen LogP contribution in [0.25, 0.3) is 0 Å². The van der Waals surface area contributed by atoms with Gasteiger partial charge in [-0.3, -0.25) is 0 Å². The monoisotopic (exact) mass is 360 g/mol. The summed E-state index contributed by atoms with van der Waals surface area (Å²) < 4.78 is 34.6. The predicted molar refractivity (Wildman–Crippen MR) is 59.9 cm³/mol. The number of hydrogen-bond donors (Lipinski definition) is 9. The van der Waals surface area contributed by atoms with Gasteiger partial charge in [0.15, 0.2) is 18.0 Å². The van der Waals surface area contributed by atoms with E-state index in [0.29, 0.717) is 0 Å². The fraction of sp³-hybridized carbons (Fsp3) is 1.00. The van der Waals surface area contributed by atoms with Crippen molar-refractivity contribution in [2.24, 2.45) is 0 Å². The SMILES string of the molecule is O=[P](O)(C(O)O)[Al]([P](=O)(O)C(O)O)[P](=O)(O)C(O)O. The first kappa shape index (κ1) is 19.9. The lowest BCUT2D eigenvalue weighted by Gasteiger charge is -2.28. The topological polar surface area (TPSA) is 233 Å². The van der Waals surface area contributed by atoms with Crippen LogP contribution in [0.2, 0.25) is 0 Å². The van der Waals surface area contributed by atoms with Crippen molar-refractivity contribution in [3.05, 3.63) is 0 Å². The highest BCUT2D eigenvalue weighted by Crippen LogP contribution is 2.76. The molecule has 0 rings (SSSR count). The van der Waals surface area contributed by atoms with Gasteiger partial charge in [0.2, 0.25) is 18.1 Å². The molecule has 0 aromatic heterocycles. The Balaban J connectivity index is 6.18. The number of aliphatic hydroxyl groups is 6. The predicted octanol–water partition coefficient (Wildman–Crippen LogP) is -3.41. The molecule has 0 radical (unpaired) electrons. The Morgan fingerprint density at radius 1 is 0.579 bits per heavy atom. The minimum Gasteiger partial charge on any atom is -0.362 e. The zero-order valence-corrected chi connectivity index (χ0v) is 12.7. The van der Waals surface area contributed by atoms with Crippen LogP contribution < -0.4 is 0 Å². The van der Waals surface area contributed by atoms with Gasteiger partial charge in [0, 0.05) is 0 Å². The van der Waals surface area contributed by atoms with Gasteiger partial charge >= 0.3 is 12.8 Å². The van der Waals surface area contributed by atoms with Crippen molar-refractivity contribution >= 4 is 30.9 Å². The summed E-state index contributed by atoms with van der Waals surface area (Å²) in [5.41, 5.74) is 0. The molecule has 3 atom stereocenters. The van der Waals surface area contributed by atoms with Crippen molar-refractivity contribution in [1.29, 1.82) is 0 Å². The Kier molecular flexibility index (Phi) is 6.61. The summed E-state index contributed by atoms with van der Waals surface area (Å²) in [6.07, 6.45) is 0. The first-order valence-electron chi connectivity index (χ1n) is 4.25. The molecule has 0 amide bonds. The van der Waals surface area contributed by atoms with Crippen LogP contribution in [0.15, 0.2) is 0 Å². The number of hydrogen-bond acceptors (Lipinski definition) is 9. The molecule has 9 N–H and O–H groups in total. The normalized spacial score (nSPS) is 22.1. The van der Waals surface area contributed by atoms with Crippen LogP contribution in [0, 0.1) is 0 Å². The molecule has 114 valence electrons. The van der Waals surface area contributed by atoms with Crippen LogP contribution in [-0.2, 0) is 13.7 Å². The molecule has 0 heterocycles. The molecule has 0 bridgehead atoms. The first-order valence-corrected chi connectivity index (χ1v) is 14.3. The summed E-state index contributed by atoms with van der Waals surface area (Å²) in [6, 6.07) is -26.6. The van der Waals surface area contributed by atoms with Crippen LogP contribution in [0.3, 0.4) is 0 Å². The zero-order chi connectivity index (χ0) is 15.8. The Labute approximate surface area is 108 Å². The van der Waals surface area contributed by atoms with E-state index in [2.05, 4.69) is 0 Å². The van der Waals surface area contributed by atoms with E-state index in [4.69, 9.17) is 30.6 Å². The Morgan fingerprint density at radius 3 is 0.842 bits per heavy atom. The van der Waals surface area contributed by atoms with E-state index in [1.165, 1.54) is 0 Å². The molecule has 0 aliphatic carbocycles. The molecule has 0 aromatic carbocycles. The summed E-state index contributed by atoms with van der Waals surface area (Å²) in [4.78, 5) is 27.7. The average molecular weight is 360 g/mol. The minimum absolute atomic E-state index is 3.23. The maximum absolute atomic E-state index is 11.5. The summed E-state index contributed by atoms with van der Waals surface area (Å²) in [5, 5.41) is 51.8. The van der Waals surface area contributed by atoms with E-state index >= 15 is 0 Å². The van der Waals surface area contributed by atoms with E-state index < -0.39 is 48.9 Å². The Hall–Kier alpha value is 0.862. The van der Waals surface area contributed by atoms with Gasteiger partial charge in [0.1, 0.15) is 0 Å². The van der Waals surface area contributed by atoms with E-state index in [9.17, 15) is 28.4 Å². The van der Waals surface area contributed by atoms with Gasteiger partial charge in [-0.05, 0) is 0 Å². The molecule has 0 saturated heterocycles. The van der Waals surface area contributed by atoms with E-state index in [1.807, 2.05) is 0 Å². The minimum atomic E-state index is -5.64. The molecule has 0 spiro atoms. The molecule has 12 nitrogen and oxygen atoms in total. The maximum atomic E-state index is 11.5. The summed E-state index contributed by atoms with van der Waals surface area (Å²) >= 11 is -5.20. The molecule has 0 aliphatic heterocycles. The van der Waals surface area contributed by atoms with Crippen LogP contribution >= 0.6 is 18.0 Å². The summed E-state index contributed by atoms with van der Waals surface area (Å²) in [5.74, 6) is 0. The second kappa shape index (κ2) is 6.32. The third-order valence-corrected chi connectivity index (χ3v) is 32.2. The second-order valence-electron chi connectivity index (χ2n) is 3.40. The lowest BCUT2D eigenvalue weighted by Crippen LogP contribution is -2.31. The lowest BCUT2D eigenvalue weighted by molar-refractivity contribution is 0.0200. The summed E-state index contributed by atoms with van der Waals surface area (Å²) in [7, 11) is 0. The van der Waals surface area contributed by atoms with E-state index in [-0.39, 0.29) is 0 Å². The van der Waals surface area contributed by atoms with Gasteiger partial charge in [-0.25, -0.2) is 0 Å². The highest BCUT2D eigenvalue weighted by Gasteiger charge is 2.72. The van der Waals surface area contributed by atoms with Crippen LogP contribution in [0.4, 0.5) is 0 Å². The van der Waals surface area contributed by atoms with Crippen molar-refractivity contribution in [1.82, 2.24) is 0 Å². The number of rotatable bonds is 6. The fourth-order valence-electron chi connectivity index (χ4n) is 1.07. The standard InChI is InChI=1S/3CH3O4P.Al/c3*2-1(3)6(4)5;/h3*1-3H;/q;;;-3/p+3. The molecular weight excluding hydrogens is 348 g/mol. The molecule has 0 aliphatic rings. The molecule has 0 saturated carbocycles. The van der Waals surface area contributed by atoms with E-state index in [0.717, 1.165) is 0 Å². The van der Waals surface area contributed by atoms with Gasteiger partial charge < -0.3 is 59.0 Å². The fourth-order valence-corrected chi connectivity index (χ4v) is 28.9. The third-order valence-electron chi connectivity index (χ3n) is 1.99. The molecular formula is C3H12AlO12P3. The lowest BCUT2D eigenvalue weighted by atomic mass is 11.5. The first-order chi connectivity index (χ1) is 8.20. The van der Waals surface area contributed by atoms with Gasteiger partial charge in [0.05, 0.1) is 0 Å². The molecule has 19 heavy (non-hydrogen) atoms. The summed E-state index contributed by atoms with van der Waals surface area (Å²) in [6.45, 7) is 0. The van der Waals surface area contributed by atoms with Crippen LogP contribution in [0.1, 0.15) is 0 Å². The van der Waals surface area contributed by atoms with Crippen LogP contribution in [0.5, 0.6) is 0 Å². The second-order valence-corrected chi connectivity index (χ2v) is 24.5. The van der Waals surface area contributed by atoms with Crippen molar-refractivity contribution in [2.45, 2.75) is 18.1 Å². The van der Waals surface area contributed by atoms with Gasteiger partial charge in [-0.15, -0.1) is 0 Å². The van der Waals surface area contributed by atoms with Crippen molar-refractivity contribution < 1.29 is 59.0 Å². The Morgan fingerprint density at radius 2 is 0.737 bits per heavy atom. The highest BCUT2D eigenvalue weighted by atomic mass is 31.8. The van der Waals surface area contributed by atoms with Crippen molar-refractivity contribution in [3.8, 4) is 0 Å². The van der Waals surface area contributed by atoms with Crippen molar-refractivity contribution in [3.63, 3.8) is 0 Å². The van der Waals surface area contributed by atoms with E-state index in [1.54, 1.807) is 0 Å². The van der Waals surface area contributed by atoms with Gasteiger partial charge in [-0.1, -0.05) is 0 Å². The molecule has 16 heteroatoms. The van der Waals surface area contributed by atoms with Crippen molar-refractivity contribution in [2.75, 3.05) is 0 Å². The zero-order valence-electron chi connectivity index (χ0n) is 8.90. The molecule has 0 fully saturated rings. The smallest absolute Gasteiger partial charge is 0.362 e. The maximum Gasteiger partial charge on any atom is 0.676 e. The largest absolute Gasteiger partial charge is 0.676 e. The average Bonchev–Trinajstić information content (AvgIpc) is 2.14. The highest BCUT2D eigenvalue weighted by molar-refractivity contribution is 8.43. The van der Waals surface area contributed by atoms with Crippen LogP contribution in [-0.4, -0.2) is 76.2 Å². The molecule has 3 unspecified atom stereocenters. The Bertz CT molecular complexity index is 391.